The molecule has 0 amide bonds. The summed E-state index contributed by atoms with van der Waals surface area (Å²) in [5.74, 6) is 0.196. The van der Waals surface area contributed by atoms with Crippen LogP contribution in [0.3, 0.4) is 0 Å². The molecule has 0 spiro atoms. The van der Waals surface area contributed by atoms with E-state index in [9.17, 15) is 18.1 Å². The third-order valence-electron chi connectivity index (χ3n) is 4.19. The number of rotatable bonds is 4. The molecule has 1 N–H and O–H groups in total. The SMILES string of the molecule is CC1(C)Oc2cc(CN[SH](=O)=O)ccc2C(c2ccc(F)cc2)=C1C#N. The Morgan fingerprint density at radius 1 is 1.19 bits per heavy atom. The monoisotopic (exact) mass is 372 g/mol. The van der Waals surface area contributed by atoms with Crippen LogP contribution in [0.4, 0.5) is 4.39 Å². The first-order chi connectivity index (χ1) is 12.3. The minimum atomic E-state index is -2.69. The first-order valence-electron chi connectivity index (χ1n) is 7.93. The van der Waals surface area contributed by atoms with E-state index in [1.165, 1.54) is 12.1 Å². The normalized spacial score (nSPS) is 15.3. The number of nitriles is 1. The third-order valence-corrected chi connectivity index (χ3v) is 4.61. The standard InChI is InChI=1S/C19H17FN2O3S/c1-19(2)16(10-21)18(13-4-6-14(20)7-5-13)15-8-3-12(9-17(15)25-19)11-22-26(23)24/h3-9,26H,11H2,1-2H3,(H,22,23,24). The highest BCUT2D eigenvalue weighted by atomic mass is 32.2. The molecule has 2 aromatic carbocycles. The van der Waals surface area contributed by atoms with E-state index in [4.69, 9.17) is 4.74 Å². The summed E-state index contributed by atoms with van der Waals surface area (Å²) in [6.07, 6.45) is 0. The van der Waals surface area contributed by atoms with Crippen molar-refractivity contribution in [3.63, 3.8) is 0 Å². The lowest BCUT2D eigenvalue weighted by Gasteiger charge is -2.34. The summed E-state index contributed by atoms with van der Waals surface area (Å²) in [5, 5.41) is 9.70. The highest BCUT2D eigenvalue weighted by molar-refractivity contribution is 7.70. The average molecular weight is 372 g/mol. The number of benzene rings is 2. The van der Waals surface area contributed by atoms with E-state index in [0.29, 0.717) is 28.0 Å². The van der Waals surface area contributed by atoms with Gasteiger partial charge >= 0.3 is 0 Å². The van der Waals surface area contributed by atoms with Gasteiger partial charge in [-0.3, -0.25) is 0 Å². The van der Waals surface area contributed by atoms with Gasteiger partial charge in [0.2, 0.25) is 10.9 Å². The Hall–Kier alpha value is -2.69. The molecule has 0 aromatic heterocycles. The molecule has 7 heteroatoms. The van der Waals surface area contributed by atoms with Crippen LogP contribution in [0.2, 0.25) is 0 Å². The molecule has 134 valence electrons. The molecular formula is C19H17FN2O3S. The number of halogens is 1. The summed E-state index contributed by atoms with van der Waals surface area (Å²) in [7, 11) is -2.69. The number of thiol groups is 1. The quantitative estimate of drug-likeness (QED) is 0.809. The van der Waals surface area contributed by atoms with Gasteiger partial charge in [-0.2, -0.15) is 5.26 Å². The number of hydrogen-bond acceptors (Lipinski definition) is 4. The minimum Gasteiger partial charge on any atom is -0.482 e. The Bertz CT molecular complexity index is 994. The van der Waals surface area contributed by atoms with E-state index >= 15 is 0 Å². The van der Waals surface area contributed by atoms with E-state index in [0.717, 1.165) is 5.56 Å². The molecule has 0 aliphatic carbocycles. The van der Waals surface area contributed by atoms with E-state index < -0.39 is 16.5 Å². The van der Waals surface area contributed by atoms with Gasteiger partial charge in [0.1, 0.15) is 17.2 Å². The molecule has 0 saturated carbocycles. The maximum Gasteiger partial charge on any atom is 0.201 e. The smallest absolute Gasteiger partial charge is 0.201 e. The van der Waals surface area contributed by atoms with Crippen LogP contribution in [0.5, 0.6) is 5.75 Å². The first-order valence-corrected chi connectivity index (χ1v) is 9.10. The fraction of sp³-hybridized carbons (Fsp3) is 0.211. The number of nitrogens with one attached hydrogen (secondary N) is 1. The maximum atomic E-state index is 13.3. The fourth-order valence-electron chi connectivity index (χ4n) is 2.99. The summed E-state index contributed by atoms with van der Waals surface area (Å²) in [6, 6.07) is 13.5. The van der Waals surface area contributed by atoms with E-state index in [1.54, 1.807) is 44.2 Å². The third kappa shape index (κ3) is 3.47. The van der Waals surface area contributed by atoms with Gasteiger partial charge < -0.3 is 4.74 Å². The van der Waals surface area contributed by atoms with Crippen molar-refractivity contribution >= 4 is 16.5 Å². The Kier molecular flexibility index (Phi) is 4.81. The molecule has 1 aliphatic heterocycles. The predicted octanol–water partition coefficient (Wildman–Crippen LogP) is 2.94. The van der Waals surface area contributed by atoms with Crippen LogP contribution < -0.4 is 9.46 Å². The van der Waals surface area contributed by atoms with Gasteiger partial charge in [-0.1, -0.05) is 24.3 Å². The molecule has 2 aromatic rings. The summed E-state index contributed by atoms with van der Waals surface area (Å²) in [6.45, 7) is 3.73. The molecule has 5 nitrogen and oxygen atoms in total. The van der Waals surface area contributed by atoms with Crippen molar-refractivity contribution in [1.29, 1.82) is 5.26 Å². The summed E-state index contributed by atoms with van der Waals surface area (Å²) < 4.78 is 43.1. The summed E-state index contributed by atoms with van der Waals surface area (Å²) >= 11 is 0. The lowest BCUT2D eigenvalue weighted by Crippen LogP contribution is -2.34. The van der Waals surface area contributed by atoms with Gasteiger partial charge in [0.15, 0.2) is 0 Å². The molecule has 0 bridgehead atoms. The predicted molar refractivity (Wildman–Crippen MR) is 96.3 cm³/mol. The highest BCUT2D eigenvalue weighted by Crippen LogP contribution is 2.44. The molecule has 3 rings (SSSR count). The summed E-state index contributed by atoms with van der Waals surface area (Å²) in [5.41, 5.74) is 2.43. The number of fused-ring (bicyclic) bond motifs is 1. The number of hydrogen-bond donors (Lipinski definition) is 2. The maximum absolute atomic E-state index is 13.3. The Morgan fingerprint density at radius 2 is 1.88 bits per heavy atom. The van der Waals surface area contributed by atoms with Gasteiger partial charge in [0, 0.05) is 17.7 Å². The van der Waals surface area contributed by atoms with Crippen LogP contribution in [-0.4, -0.2) is 14.0 Å². The lowest BCUT2D eigenvalue weighted by atomic mass is 9.83. The average Bonchev–Trinajstić information content (AvgIpc) is 2.58. The van der Waals surface area contributed by atoms with Gasteiger partial charge in [-0.15, -0.1) is 0 Å². The van der Waals surface area contributed by atoms with E-state index in [2.05, 4.69) is 10.8 Å². The Labute approximate surface area is 152 Å². The zero-order chi connectivity index (χ0) is 18.9. The van der Waals surface area contributed by atoms with Crippen molar-refractivity contribution in [1.82, 2.24) is 4.72 Å². The lowest BCUT2D eigenvalue weighted by molar-refractivity contribution is 0.149. The number of nitrogens with zero attached hydrogens (tertiary/aromatic N) is 1. The van der Waals surface area contributed by atoms with Crippen LogP contribution in [0.1, 0.15) is 30.5 Å². The van der Waals surface area contributed by atoms with Gasteiger partial charge in [-0.05, 0) is 43.2 Å². The second-order valence-electron chi connectivity index (χ2n) is 6.40. The van der Waals surface area contributed by atoms with Crippen molar-refractivity contribution in [3.05, 3.63) is 70.5 Å². The molecule has 0 saturated heterocycles. The first kappa shape index (κ1) is 18.1. The number of ether oxygens (including phenoxy) is 1. The molecule has 1 aliphatic rings. The van der Waals surface area contributed by atoms with E-state index in [-0.39, 0.29) is 12.4 Å². The van der Waals surface area contributed by atoms with Crippen molar-refractivity contribution in [2.24, 2.45) is 0 Å². The van der Waals surface area contributed by atoms with Gasteiger partial charge in [-0.25, -0.2) is 17.5 Å². The second-order valence-corrected chi connectivity index (χ2v) is 7.23. The van der Waals surface area contributed by atoms with Crippen LogP contribution in [0, 0.1) is 17.1 Å². The van der Waals surface area contributed by atoms with Crippen LogP contribution in [-0.2, 0) is 17.4 Å². The largest absolute Gasteiger partial charge is 0.482 e. The van der Waals surface area contributed by atoms with Crippen LogP contribution >= 0.6 is 0 Å². The molecule has 0 unspecified atom stereocenters. The second kappa shape index (κ2) is 6.90. The fourth-order valence-corrected chi connectivity index (χ4v) is 3.30. The molecule has 1 heterocycles. The van der Waals surface area contributed by atoms with Crippen molar-refractivity contribution in [2.75, 3.05) is 0 Å². The Morgan fingerprint density at radius 3 is 2.50 bits per heavy atom. The molecule has 26 heavy (non-hydrogen) atoms. The van der Waals surface area contributed by atoms with Gasteiger partial charge in [0.05, 0.1) is 11.6 Å². The topological polar surface area (TPSA) is 79.2 Å². The molecule has 0 radical (unpaired) electrons. The molecular weight excluding hydrogens is 355 g/mol. The van der Waals surface area contributed by atoms with Crippen molar-refractivity contribution in [2.45, 2.75) is 26.0 Å². The molecule has 0 fully saturated rings. The van der Waals surface area contributed by atoms with Crippen molar-refractivity contribution in [3.8, 4) is 11.8 Å². The van der Waals surface area contributed by atoms with Crippen LogP contribution in [0.15, 0.2) is 48.0 Å². The molecule has 0 atom stereocenters. The van der Waals surface area contributed by atoms with E-state index in [1.807, 2.05) is 0 Å². The van der Waals surface area contributed by atoms with Gasteiger partial charge in [0.25, 0.3) is 0 Å². The summed E-state index contributed by atoms with van der Waals surface area (Å²) in [4.78, 5) is 0. The minimum absolute atomic E-state index is 0.149. The zero-order valence-electron chi connectivity index (χ0n) is 14.2. The van der Waals surface area contributed by atoms with Crippen LogP contribution in [0.25, 0.3) is 5.57 Å². The highest BCUT2D eigenvalue weighted by Gasteiger charge is 2.36. The Balaban J connectivity index is 2.16. The van der Waals surface area contributed by atoms with Crippen molar-refractivity contribution < 1.29 is 17.5 Å². The zero-order valence-corrected chi connectivity index (χ0v) is 15.1.